The maximum absolute atomic E-state index is 15.0. The molecule has 2 aliphatic heterocycles. The molecule has 1 aromatic carbocycles. The monoisotopic (exact) mass is 448 g/mol. The molecule has 31 heavy (non-hydrogen) atoms. The first-order valence-electron chi connectivity index (χ1n) is 10.2. The second-order valence-electron chi connectivity index (χ2n) is 7.53. The molecule has 2 aromatic rings. The summed E-state index contributed by atoms with van der Waals surface area (Å²) >= 11 is 0. The Morgan fingerprint density at radius 3 is 2.29 bits per heavy atom. The highest BCUT2D eigenvalue weighted by atomic mass is 32.2. The lowest BCUT2D eigenvalue weighted by Crippen LogP contribution is -2.55. The van der Waals surface area contributed by atoms with Crippen LogP contribution in [0.1, 0.15) is 12.0 Å². The van der Waals surface area contributed by atoms with Gasteiger partial charge in [0.25, 0.3) is 10.2 Å². The second-order valence-corrected chi connectivity index (χ2v) is 9.46. The second kappa shape index (κ2) is 9.27. The number of nitrogens with one attached hydrogen (secondary N) is 2. The van der Waals surface area contributed by atoms with Crippen LogP contribution in [-0.4, -0.2) is 72.2 Å². The Balaban J connectivity index is 1.34. The zero-order chi connectivity index (χ0) is 21.8. The van der Waals surface area contributed by atoms with Crippen molar-refractivity contribution >= 4 is 27.6 Å². The van der Waals surface area contributed by atoms with Crippen LogP contribution in [0, 0.1) is 5.82 Å². The molecule has 0 radical (unpaired) electrons. The van der Waals surface area contributed by atoms with Crippen molar-refractivity contribution < 1.29 is 17.6 Å². The van der Waals surface area contributed by atoms with Crippen molar-refractivity contribution in [1.82, 2.24) is 18.5 Å². The molecule has 4 rings (SSSR count). The maximum Gasteiger partial charge on any atom is 0.323 e. The molecular weight excluding hydrogens is 423 g/mol. The van der Waals surface area contributed by atoms with Gasteiger partial charge in [0.2, 0.25) is 0 Å². The van der Waals surface area contributed by atoms with Crippen molar-refractivity contribution in [3.63, 3.8) is 0 Å². The first kappa shape index (κ1) is 21.6. The van der Waals surface area contributed by atoms with Gasteiger partial charge >= 0.3 is 6.03 Å². The van der Waals surface area contributed by atoms with Gasteiger partial charge in [0.05, 0.1) is 5.69 Å². The third-order valence-corrected chi connectivity index (χ3v) is 7.49. The summed E-state index contributed by atoms with van der Waals surface area (Å²) in [5, 5.41) is 5.15. The van der Waals surface area contributed by atoms with Crippen molar-refractivity contribution in [3.05, 3.63) is 54.1 Å². The van der Waals surface area contributed by atoms with Crippen molar-refractivity contribution in [2.75, 3.05) is 49.9 Å². The van der Waals surface area contributed by atoms with Gasteiger partial charge in [-0.2, -0.15) is 17.0 Å². The zero-order valence-corrected chi connectivity index (χ0v) is 17.8. The third kappa shape index (κ3) is 5.01. The Kier molecular flexibility index (Phi) is 6.46. The molecule has 0 saturated carbocycles. The first-order chi connectivity index (χ1) is 14.9. The number of carbonyl (C=O) groups excluding carboxylic acids is 1. The predicted molar refractivity (Wildman–Crippen MR) is 115 cm³/mol. The molecule has 2 amide bonds. The summed E-state index contributed by atoms with van der Waals surface area (Å²) in [6.07, 6.45) is 4.00. The minimum atomic E-state index is -3.37. The Labute approximate surface area is 181 Å². The SMILES string of the molecule is O=C(Nc1ccncc1)Nc1cccc(CN2CCN(S(=O)(=O)N3CCC3)CC2)c1F. The number of hydrogen-bond acceptors (Lipinski definition) is 5. The van der Waals surface area contributed by atoms with Gasteiger partial charge in [-0.25, -0.2) is 9.18 Å². The number of nitrogens with zero attached hydrogens (tertiary/aromatic N) is 4. The van der Waals surface area contributed by atoms with Crippen LogP contribution < -0.4 is 10.6 Å². The van der Waals surface area contributed by atoms with Crippen LogP contribution in [0.25, 0.3) is 0 Å². The Hall–Kier alpha value is -2.60. The fourth-order valence-electron chi connectivity index (χ4n) is 3.56. The number of piperazine rings is 1. The number of anilines is 2. The summed E-state index contributed by atoms with van der Waals surface area (Å²) in [6.45, 7) is 3.31. The predicted octanol–water partition coefficient (Wildman–Crippen LogP) is 1.93. The van der Waals surface area contributed by atoms with Gasteiger partial charge in [-0.3, -0.25) is 9.88 Å². The number of halogens is 1. The lowest BCUT2D eigenvalue weighted by atomic mass is 10.1. The van der Waals surface area contributed by atoms with Crippen molar-refractivity contribution in [2.24, 2.45) is 0 Å². The summed E-state index contributed by atoms with van der Waals surface area (Å²) < 4.78 is 42.9. The van der Waals surface area contributed by atoms with E-state index in [4.69, 9.17) is 0 Å². The molecule has 166 valence electrons. The summed E-state index contributed by atoms with van der Waals surface area (Å²) in [7, 11) is -3.37. The lowest BCUT2D eigenvalue weighted by molar-refractivity contribution is 0.168. The molecule has 2 N–H and O–H groups in total. The summed E-state index contributed by atoms with van der Waals surface area (Å²) in [5.74, 6) is -0.497. The van der Waals surface area contributed by atoms with Crippen molar-refractivity contribution in [3.8, 4) is 0 Å². The van der Waals surface area contributed by atoms with Crippen LogP contribution in [0.2, 0.25) is 0 Å². The number of amides is 2. The van der Waals surface area contributed by atoms with Crippen LogP contribution in [0.3, 0.4) is 0 Å². The normalized spacial score (nSPS) is 18.4. The highest BCUT2D eigenvalue weighted by Crippen LogP contribution is 2.22. The van der Waals surface area contributed by atoms with E-state index in [1.54, 1.807) is 36.7 Å². The van der Waals surface area contributed by atoms with E-state index in [1.165, 1.54) is 14.7 Å². The van der Waals surface area contributed by atoms with E-state index in [-0.39, 0.29) is 5.69 Å². The quantitative estimate of drug-likeness (QED) is 0.704. The average molecular weight is 449 g/mol. The average Bonchev–Trinajstić information content (AvgIpc) is 2.70. The van der Waals surface area contributed by atoms with E-state index in [9.17, 15) is 17.6 Å². The van der Waals surface area contributed by atoms with Gasteiger partial charge in [0.15, 0.2) is 5.82 Å². The van der Waals surface area contributed by atoms with Crippen molar-refractivity contribution in [1.29, 1.82) is 0 Å². The summed E-state index contributed by atoms with van der Waals surface area (Å²) in [5.41, 5.74) is 1.08. The molecule has 0 unspecified atom stereocenters. The highest BCUT2D eigenvalue weighted by molar-refractivity contribution is 7.86. The van der Waals surface area contributed by atoms with Gasteiger partial charge < -0.3 is 10.6 Å². The minimum absolute atomic E-state index is 0.0862. The summed E-state index contributed by atoms with van der Waals surface area (Å²) in [4.78, 5) is 18.1. The topological polar surface area (TPSA) is 97.9 Å². The van der Waals surface area contributed by atoms with Crippen LogP contribution in [0.5, 0.6) is 0 Å². The fraction of sp³-hybridized carbons (Fsp3) is 0.400. The van der Waals surface area contributed by atoms with E-state index in [1.807, 2.05) is 4.90 Å². The van der Waals surface area contributed by atoms with Crippen LogP contribution in [-0.2, 0) is 16.8 Å². The highest BCUT2D eigenvalue weighted by Gasteiger charge is 2.35. The minimum Gasteiger partial charge on any atom is -0.308 e. The van der Waals surface area contributed by atoms with E-state index in [2.05, 4.69) is 15.6 Å². The third-order valence-electron chi connectivity index (χ3n) is 5.46. The molecule has 1 aromatic heterocycles. The number of carbonyl (C=O) groups is 1. The van der Waals surface area contributed by atoms with Crippen LogP contribution >= 0.6 is 0 Å². The van der Waals surface area contributed by atoms with Gasteiger partial charge in [-0.15, -0.1) is 0 Å². The van der Waals surface area contributed by atoms with Gasteiger partial charge in [0, 0.05) is 69.5 Å². The Morgan fingerprint density at radius 1 is 0.968 bits per heavy atom. The number of urea groups is 1. The van der Waals surface area contributed by atoms with E-state index in [0.29, 0.717) is 57.1 Å². The standard InChI is InChI=1S/C20H25FN6O3S/c21-19-16(3-1-4-18(19)24-20(28)23-17-5-7-22-8-6-17)15-25-11-13-27(14-12-25)31(29,30)26-9-2-10-26/h1,3-8H,2,9-15H2,(H2,22,23,24,28). The Morgan fingerprint density at radius 2 is 1.65 bits per heavy atom. The number of benzene rings is 1. The number of pyridine rings is 1. The molecule has 0 bridgehead atoms. The first-order valence-corrected chi connectivity index (χ1v) is 11.6. The zero-order valence-electron chi connectivity index (χ0n) is 17.0. The van der Waals surface area contributed by atoms with Crippen LogP contribution in [0.4, 0.5) is 20.6 Å². The summed E-state index contributed by atoms with van der Waals surface area (Å²) in [6, 6.07) is 7.58. The smallest absolute Gasteiger partial charge is 0.308 e. The molecule has 2 aliphatic rings. The number of rotatable bonds is 6. The van der Waals surface area contributed by atoms with E-state index in [0.717, 1.165) is 6.42 Å². The molecule has 0 atom stereocenters. The van der Waals surface area contributed by atoms with Crippen molar-refractivity contribution in [2.45, 2.75) is 13.0 Å². The molecule has 2 fully saturated rings. The molecule has 0 spiro atoms. The molecule has 9 nitrogen and oxygen atoms in total. The number of hydrogen-bond donors (Lipinski definition) is 2. The van der Waals surface area contributed by atoms with Crippen LogP contribution in [0.15, 0.2) is 42.7 Å². The largest absolute Gasteiger partial charge is 0.323 e. The Bertz CT molecular complexity index is 1020. The molecule has 3 heterocycles. The molecule has 2 saturated heterocycles. The lowest BCUT2D eigenvalue weighted by Gasteiger charge is -2.39. The van der Waals surface area contributed by atoms with Gasteiger partial charge in [-0.1, -0.05) is 12.1 Å². The maximum atomic E-state index is 15.0. The van der Waals surface area contributed by atoms with Gasteiger partial charge in [-0.05, 0) is 24.6 Å². The van der Waals surface area contributed by atoms with Gasteiger partial charge in [0.1, 0.15) is 0 Å². The molecule has 0 aliphatic carbocycles. The van der Waals surface area contributed by atoms with E-state index >= 15 is 0 Å². The molecular formula is C20H25FN6O3S. The van der Waals surface area contributed by atoms with E-state index < -0.39 is 22.1 Å². The number of aromatic nitrogens is 1. The molecule has 11 heteroatoms. The fourth-order valence-corrected chi connectivity index (χ4v) is 5.23.